The molecule has 2 N–H and O–H groups in total. The third kappa shape index (κ3) is 1.19. The van der Waals surface area contributed by atoms with E-state index in [1.54, 1.807) is 24.7 Å². The molecule has 0 aliphatic rings. The molecule has 0 amide bonds. The van der Waals surface area contributed by atoms with Gasteiger partial charge in [0.05, 0.1) is 0 Å². The fourth-order valence-corrected chi connectivity index (χ4v) is 1.00. The second-order valence-corrected chi connectivity index (χ2v) is 3.10. The minimum absolute atomic E-state index is 0.893. The van der Waals surface area contributed by atoms with Crippen LogP contribution >= 0.6 is 0 Å². The van der Waals surface area contributed by atoms with Crippen LogP contribution in [0.3, 0.4) is 0 Å². The Hall–Kier alpha value is -0.0969. The number of hydrogen-bond donors (Lipinski definition) is 1. The SMILES string of the molecule is Nc1ccccc1[At]. The first-order valence-corrected chi connectivity index (χ1v) is 3.77. The summed E-state index contributed by atoms with van der Waals surface area (Å²) in [5.74, 6) is 0. The van der Waals surface area contributed by atoms with Crippen molar-refractivity contribution in [3.63, 3.8) is 0 Å². The van der Waals surface area contributed by atoms with Crippen LogP contribution in [0.4, 0.5) is 5.69 Å². The van der Waals surface area contributed by atoms with E-state index < -0.39 is 0 Å². The van der Waals surface area contributed by atoms with Crippen molar-refractivity contribution in [2.45, 2.75) is 0 Å². The first-order chi connectivity index (χ1) is 3.80. The fraction of sp³-hybridized carbons (Fsp3) is 0. The van der Waals surface area contributed by atoms with Gasteiger partial charge in [0, 0.05) is 0 Å². The molecule has 0 radical (unpaired) electrons. The summed E-state index contributed by atoms with van der Waals surface area (Å²) in [5, 5.41) is 0. The van der Waals surface area contributed by atoms with Gasteiger partial charge in [0.2, 0.25) is 0 Å². The molecule has 1 rings (SSSR count). The zero-order chi connectivity index (χ0) is 5.98. The molecule has 0 fully saturated rings. The molecule has 0 unspecified atom stereocenters. The number of benzene rings is 1. The van der Waals surface area contributed by atoms with Crippen molar-refractivity contribution in [2.75, 3.05) is 5.73 Å². The molecule has 0 aromatic heterocycles. The van der Waals surface area contributed by atoms with Gasteiger partial charge in [-0.05, 0) is 0 Å². The van der Waals surface area contributed by atoms with Gasteiger partial charge in [-0.15, -0.1) is 0 Å². The summed E-state index contributed by atoms with van der Waals surface area (Å²) in [7, 11) is 0. The number of rotatable bonds is 0. The maximum atomic E-state index is 5.53. The van der Waals surface area contributed by atoms with Crippen LogP contribution in [-0.2, 0) is 0 Å². The Balaban J connectivity index is 3.13. The Morgan fingerprint density at radius 3 is 2.25 bits per heavy atom. The molecule has 0 bridgehead atoms. The van der Waals surface area contributed by atoms with Crippen LogP contribution in [0.5, 0.6) is 0 Å². The average Bonchev–Trinajstić information content (AvgIpc) is 1.77. The van der Waals surface area contributed by atoms with E-state index in [1.165, 1.54) is 3.27 Å². The predicted molar refractivity (Wildman–Crippen MR) is 30.5 cm³/mol. The first kappa shape index (κ1) is 6.03. The summed E-state index contributed by atoms with van der Waals surface area (Å²) >= 11 is 1.62. The third-order valence-electron chi connectivity index (χ3n) is 0.905. The van der Waals surface area contributed by atoms with Gasteiger partial charge in [-0.25, -0.2) is 0 Å². The number of nitrogen functional groups attached to an aromatic ring is 1. The summed E-state index contributed by atoms with van der Waals surface area (Å²) in [6, 6.07) is 7.87. The average molecular weight is 302 g/mol. The molecule has 0 aliphatic carbocycles. The van der Waals surface area contributed by atoms with Crippen molar-refractivity contribution >= 4 is 8.96 Å². The number of para-hydroxylation sites is 1. The molecular formula is C6H6AtN. The maximum absolute atomic E-state index is 5.53. The molecule has 2 heteroatoms. The van der Waals surface area contributed by atoms with Crippen molar-refractivity contribution in [3.05, 3.63) is 24.3 Å². The van der Waals surface area contributed by atoms with Gasteiger partial charge in [0.15, 0.2) is 0 Å². The van der Waals surface area contributed by atoms with Gasteiger partial charge in [-0.3, -0.25) is 0 Å². The molecule has 0 heterocycles. The molecule has 8 heavy (non-hydrogen) atoms. The van der Waals surface area contributed by atoms with Crippen LogP contribution in [0, 0.1) is 24.7 Å². The molecule has 1 aromatic carbocycles. The van der Waals surface area contributed by atoms with Crippen LogP contribution in [0.15, 0.2) is 24.3 Å². The van der Waals surface area contributed by atoms with E-state index in [0.717, 1.165) is 5.69 Å². The van der Waals surface area contributed by atoms with Crippen LogP contribution in [0.1, 0.15) is 0 Å². The zero-order valence-electron chi connectivity index (χ0n) is 4.26. The standard InChI is InChI=1S/C6H6AtN/c7-5-3-1-2-4-6(5)8/h1-4H,8H2. The van der Waals surface area contributed by atoms with E-state index >= 15 is 0 Å². The van der Waals surface area contributed by atoms with Crippen molar-refractivity contribution in [1.82, 2.24) is 0 Å². The molecule has 0 spiro atoms. The van der Waals surface area contributed by atoms with Crippen molar-refractivity contribution in [3.8, 4) is 0 Å². The summed E-state index contributed by atoms with van der Waals surface area (Å²) in [6.07, 6.45) is 0. The summed E-state index contributed by atoms with van der Waals surface area (Å²) in [5.41, 5.74) is 6.43. The molecule has 0 saturated carbocycles. The molecule has 0 atom stereocenters. The second-order valence-electron chi connectivity index (χ2n) is 1.52. The number of hydrogen-bond acceptors (Lipinski definition) is 1. The molecule has 1 aromatic rings. The van der Waals surface area contributed by atoms with Crippen molar-refractivity contribution in [1.29, 1.82) is 0 Å². The topological polar surface area (TPSA) is 26.0 Å². The normalized spacial score (nSPS) is 9.12. The van der Waals surface area contributed by atoms with Gasteiger partial charge >= 0.3 is 63.7 Å². The molecule has 0 aliphatic heterocycles. The quantitative estimate of drug-likeness (QED) is 0.692. The Morgan fingerprint density at radius 2 is 1.88 bits per heavy atom. The van der Waals surface area contributed by atoms with E-state index in [4.69, 9.17) is 5.73 Å². The van der Waals surface area contributed by atoms with Crippen LogP contribution in [0.2, 0.25) is 0 Å². The molecule has 42 valence electrons. The summed E-state index contributed by atoms with van der Waals surface area (Å²) < 4.78 is 1.20. The molecule has 1 nitrogen and oxygen atoms in total. The van der Waals surface area contributed by atoms with E-state index in [-0.39, 0.29) is 0 Å². The molecular weight excluding hydrogens is 296 g/mol. The van der Waals surface area contributed by atoms with Gasteiger partial charge in [0.1, 0.15) is 0 Å². The van der Waals surface area contributed by atoms with E-state index in [0.29, 0.717) is 0 Å². The Bertz CT molecular complexity index is 165. The van der Waals surface area contributed by atoms with E-state index in [9.17, 15) is 0 Å². The van der Waals surface area contributed by atoms with Gasteiger partial charge in [0.25, 0.3) is 0 Å². The zero-order valence-corrected chi connectivity index (χ0v) is 7.20. The Kier molecular flexibility index (Phi) is 1.85. The van der Waals surface area contributed by atoms with E-state index in [2.05, 4.69) is 0 Å². The Labute approximate surface area is 63.7 Å². The van der Waals surface area contributed by atoms with E-state index in [1.807, 2.05) is 24.3 Å². The second kappa shape index (κ2) is 2.45. The number of anilines is 1. The summed E-state index contributed by atoms with van der Waals surface area (Å²) in [4.78, 5) is 0. The monoisotopic (exact) mass is 302 g/mol. The Morgan fingerprint density at radius 1 is 1.25 bits per heavy atom. The number of nitrogens with two attached hydrogens (primary N) is 1. The van der Waals surface area contributed by atoms with Crippen molar-refractivity contribution < 1.29 is 24.7 Å². The van der Waals surface area contributed by atoms with Crippen LogP contribution in [-0.4, -0.2) is 0 Å². The summed E-state index contributed by atoms with van der Waals surface area (Å²) in [6.45, 7) is 0. The van der Waals surface area contributed by atoms with Gasteiger partial charge < -0.3 is 0 Å². The van der Waals surface area contributed by atoms with Gasteiger partial charge in [-0.2, -0.15) is 0 Å². The minimum atomic E-state index is 0.893. The van der Waals surface area contributed by atoms with Crippen LogP contribution in [0.25, 0.3) is 0 Å². The fourth-order valence-electron chi connectivity index (χ4n) is 0.475. The first-order valence-electron chi connectivity index (χ1n) is 2.31. The molecule has 0 saturated heterocycles. The van der Waals surface area contributed by atoms with Crippen LogP contribution < -0.4 is 9.01 Å². The van der Waals surface area contributed by atoms with Crippen molar-refractivity contribution in [2.24, 2.45) is 0 Å². The third-order valence-corrected chi connectivity index (χ3v) is 2.24. The van der Waals surface area contributed by atoms with Gasteiger partial charge in [-0.1, -0.05) is 0 Å². The predicted octanol–water partition coefficient (Wildman–Crippen LogP) is 0.443.